The van der Waals surface area contributed by atoms with E-state index in [9.17, 15) is 0 Å². The molecule has 0 spiro atoms. The second-order valence-electron chi connectivity index (χ2n) is 4.68. The van der Waals surface area contributed by atoms with Gasteiger partial charge < -0.3 is 14.8 Å². The smallest absolute Gasteiger partial charge is 0.169 e. The number of hydrogen-bond acceptors (Lipinski definition) is 3. The standard InChI is InChI=1S/C17H20BrNO2/c1-4-20-16-7-5-6-8-17(16)21-13-9-10-14(12(2)19-3)15(18)11-13/h5-12,19H,4H2,1-3H3. The predicted octanol–water partition coefficient (Wildman–Crippen LogP) is 4.92. The van der Waals surface area contributed by atoms with Crippen LogP contribution in [-0.2, 0) is 0 Å². The molecule has 0 saturated carbocycles. The first kappa shape index (κ1) is 15.9. The van der Waals surface area contributed by atoms with Crippen molar-refractivity contribution in [1.29, 1.82) is 0 Å². The molecule has 0 aliphatic rings. The van der Waals surface area contributed by atoms with E-state index in [1.54, 1.807) is 0 Å². The third-order valence-corrected chi connectivity index (χ3v) is 3.94. The van der Waals surface area contributed by atoms with Crippen LogP contribution in [-0.4, -0.2) is 13.7 Å². The molecule has 0 heterocycles. The summed E-state index contributed by atoms with van der Waals surface area (Å²) in [4.78, 5) is 0. The Balaban J connectivity index is 2.23. The van der Waals surface area contributed by atoms with Gasteiger partial charge in [-0.1, -0.05) is 34.1 Å². The fourth-order valence-electron chi connectivity index (χ4n) is 2.01. The van der Waals surface area contributed by atoms with Crippen LogP contribution in [0.2, 0.25) is 0 Å². The van der Waals surface area contributed by atoms with Gasteiger partial charge in [0.15, 0.2) is 11.5 Å². The number of ether oxygens (including phenoxy) is 2. The zero-order valence-corrected chi connectivity index (χ0v) is 14.1. The minimum atomic E-state index is 0.282. The number of hydrogen-bond donors (Lipinski definition) is 1. The van der Waals surface area contributed by atoms with E-state index in [4.69, 9.17) is 9.47 Å². The Bertz CT molecular complexity index is 601. The number of nitrogens with one attached hydrogen (secondary N) is 1. The van der Waals surface area contributed by atoms with Crippen molar-refractivity contribution in [3.63, 3.8) is 0 Å². The Kier molecular flexibility index (Phi) is 5.65. The summed E-state index contributed by atoms with van der Waals surface area (Å²) in [6.07, 6.45) is 0. The second-order valence-corrected chi connectivity index (χ2v) is 5.53. The van der Waals surface area contributed by atoms with Crippen molar-refractivity contribution in [3.8, 4) is 17.2 Å². The summed E-state index contributed by atoms with van der Waals surface area (Å²) in [7, 11) is 1.94. The van der Waals surface area contributed by atoms with Crippen LogP contribution in [0.15, 0.2) is 46.9 Å². The minimum absolute atomic E-state index is 0.282. The van der Waals surface area contributed by atoms with Crippen LogP contribution in [0.1, 0.15) is 25.5 Å². The molecule has 0 aromatic heterocycles. The number of para-hydroxylation sites is 2. The monoisotopic (exact) mass is 349 g/mol. The predicted molar refractivity (Wildman–Crippen MR) is 89.3 cm³/mol. The van der Waals surface area contributed by atoms with Crippen LogP contribution in [0, 0.1) is 0 Å². The quantitative estimate of drug-likeness (QED) is 0.802. The molecule has 4 heteroatoms. The Morgan fingerprint density at radius 2 is 1.86 bits per heavy atom. The average molecular weight is 350 g/mol. The first-order valence-corrected chi connectivity index (χ1v) is 7.81. The first-order valence-electron chi connectivity index (χ1n) is 7.02. The average Bonchev–Trinajstić information content (AvgIpc) is 2.49. The maximum atomic E-state index is 5.94. The lowest BCUT2D eigenvalue weighted by Crippen LogP contribution is -2.12. The van der Waals surface area contributed by atoms with E-state index in [1.807, 2.05) is 50.4 Å². The van der Waals surface area contributed by atoms with Gasteiger partial charge in [0.25, 0.3) is 0 Å². The lowest BCUT2D eigenvalue weighted by Gasteiger charge is -2.15. The van der Waals surface area contributed by atoms with E-state index in [2.05, 4.69) is 34.2 Å². The molecule has 0 amide bonds. The maximum Gasteiger partial charge on any atom is 0.169 e. The zero-order valence-electron chi connectivity index (χ0n) is 12.5. The molecule has 112 valence electrons. The van der Waals surface area contributed by atoms with Crippen molar-refractivity contribution >= 4 is 15.9 Å². The highest BCUT2D eigenvalue weighted by Gasteiger charge is 2.10. The zero-order chi connectivity index (χ0) is 15.2. The Morgan fingerprint density at radius 1 is 1.14 bits per heavy atom. The van der Waals surface area contributed by atoms with Gasteiger partial charge in [-0.25, -0.2) is 0 Å². The molecule has 1 unspecified atom stereocenters. The number of benzene rings is 2. The second kappa shape index (κ2) is 7.48. The van der Waals surface area contributed by atoms with Gasteiger partial charge in [-0.15, -0.1) is 0 Å². The van der Waals surface area contributed by atoms with Crippen LogP contribution in [0.3, 0.4) is 0 Å². The highest BCUT2D eigenvalue weighted by atomic mass is 79.9. The molecule has 0 bridgehead atoms. The van der Waals surface area contributed by atoms with Crippen molar-refractivity contribution in [2.24, 2.45) is 0 Å². The first-order chi connectivity index (χ1) is 10.2. The van der Waals surface area contributed by atoms with Crippen LogP contribution in [0.25, 0.3) is 0 Å². The summed E-state index contributed by atoms with van der Waals surface area (Å²) in [5.74, 6) is 2.26. The third kappa shape index (κ3) is 3.99. The Hall–Kier alpha value is -1.52. The van der Waals surface area contributed by atoms with Gasteiger partial charge >= 0.3 is 0 Å². The van der Waals surface area contributed by atoms with E-state index in [-0.39, 0.29) is 6.04 Å². The molecule has 0 aliphatic carbocycles. The van der Waals surface area contributed by atoms with Crippen LogP contribution >= 0.6 is 15.9 Å². The normalized spacial score (nSPS) is 12.0. The van der Waals surface area contributed by atoms with E-state index in [1.165, 1.54) is 5.56 Å². The highest BCUT2D eigenvalue weighted by Crippen LogP contribution is 2.34. The van der Waals surface area contributed by atoms with Crippen LogP contribution in [0.5, 0.6) is 17.2 Å². The number of rotatable bonds is 6. The van der Waals surface area contributed by atoms with Gasteiger partial charge in [-0.05, 0) is 50.7 Å². The van der Waals surface area contributed by atoms with Gasteiger partial charge in [0, 0.05) is 10.5 Å². The van der Waals surface area contributed by atoms with Gasteiger partial charge in [-0.3, -0.25) is 0 Å². The molecule has 2 aromatic rings. The van der Waals surface area contributed by atoms with Crippen LogP contribution < -0.4 is 14.8 Å². The van der Waals surface area contributed by atoms with E-state index < -0.39 is 0 Å². The number of halogens is 1. The fourth-order valence-corrected chi connectivity index (χ4v) is 2.72. The largest absolute Gasteiger partial charge is 0.490 e. The Labute approximate surface area is 134 Å². The Morgan fingerprint density at radius 3 is 2.48 bits per heavy atom. The van der Waals surface area contributed by atoms with Crippen LogP contribution in [0.4, 0.5) is 0 Å². The molecule has 1 atom stereocenters. The van der Waals surface area contributed by atoms with E-state index >= 15 is 0 Å². The molecule has 0 saturated heterocycles. The van der Waals surface area contributed by atoms with Crippen molar-refractivity contribution in [1.82, 2.24) is 5.32 Å². The lowest BCUT2D eigenvalue weighted by molar-refractivity contribution is 0.321. The molecule has 1 N–H and O–H groups in total. The molecule has 3 nitrogen and oxygen atoms in total. The molecule has 0 aliphatic heterocycles. The summed E-state index contributed by atoms with van der Waals surface area (Å²) >= 11 is 3.60. The molecule has 21 heavy (non-hydrogen) atoms. The van der Waals surface area contributed by atoms with Gasteiger partial charge in [0.2, 0.25) is 0 Å². The van der Waals surface area contributed by atoms with Crippen molar-refractivity contribution in [2.45, 2.75) is 19.9 Å². The van der Waals surface area contributed by atoms with Gasteiger partial charge in [0.05, 0.1) is 6.61 Å². The lowest BCUT2D eigenvalue weighted by atomic mass is 10.1. The molecule has 0 fully saturated rings. The van der Waals surface area contributed by atoms with Gasteiger partial charge in [0.1, 0.15) is 5.75 Å². The van der Waals surface area contributed by atoms with Crippen molar-refractivity contribution in [3.05, 3.63) is 52.5 Å². The summed E-state index contributed by atoms with van der Waals surface area (Å²) in [5, 5.41) is 3.23. The van der Waals surface area contributed by atoms with Crippen molar-refractivity contribution in [2.75, 3.05) is 13.7 Å². The molecular weight excluding hydrogens is 330 g/mol. The summed E-state index contributed by atoms with van der Waals surface area (Å²) in [6.45, 7) is 4.69. The SMILES string of the molecule is CCOc1ccccc1Oc1ccc(C(C)NC)c(Br)c1. The van der Waals surface area contributed by atoms with Gasteiger partial charge in [-0.2, -0.15) is 0 Å². The third-order valence-electron chi connectivity index (χ3n) is 3.25. The molecule has 2 aromatic carbocycles. The fraction of sp³-hybridized carbons (Fsp3) is 0.294. The highest BCUT2D eigenvalue weighted by molar-refractivity contribution is 9.10. The summed E-state index contributed by atoms with van der Waals surface area (Å²) < 4.78 is 12.5. The summed E-state index contributed by atoms with van der Waals surface area (Å²) in [6, 6.07) is 14.0. The minimum Gasteiger partial charge on any atom is -0.490 e. The molecular formula is C17H20BrNO2. The molecule has 2 rings (SSSR count). The van der Waals surface area contributed by atoms with E-state index in [0.717, 1.165) is 21.7 Å². The van der Waals surface area contributed by atoms with E-state index in [0.29, 0.717) is 6.61 Å². The maximum absolute atomic E-state index is 5.94. The summed E-state index contributed by atoms with van der Waals surface area (Å²) in [5.41, 5.74) is 1.20. The van der Waals surface area contributed by atoms with Crippen molar-refractivity contribution < 1.29 is 9.47 Å². The molecule has 0 radical (unpaired) electrons. The topological polar surface area (TPSA) is 30.5 Å².